The van der Waals surface area contributed by atoms with Crippen LogP contribution in [0.5, 0.6) is 0 Å². The summed E-state index contributed by atoms with van der Waals surface area (Å²) >= 11 is 0. The molecule has 0 aliphatic rings. The van der Waals surface area contributed by atoms with Crippen molar-refractivity contribution in [3.05, 3.63) is 88.5 Å². The summed E-state index contributed by atoms with van der Waals surface area (Å²) in [6.45, 7) is 4.08. The smallest absolute Gasteiger partial charge is 0.335 e. The molecule has 0 amide bonds. The Morgan fingerprint density at radius 2 is 1.64 bits per heavy atom. The van der Waals surface area contributed by atoms with E-state index in [1.54, 1.807) is 12.1 Å². The summed E-state index contributed by atoms with van der Waals surface area (Å²) in [4.78, 5) is 18.8. The van der Waals surface area contributed by atoms with Gasteiger partial charge in [0.15, 0.2) is 0 Å². The molecule has 5 heteroatoms. The minimum Gasteiger partial charge on any atom is -0.478 e. The Morgan fingerprint density at radius 3 is 2.32 bits per heavy atom. The molecule has 3 aromatic carbocycles. The fourth-order valence-electron chi connectivity index (χ4n) is 3.23. The highest BCUT2D eigenvalue weighted by molar-refractivity contribution is 5.93. The molecule has 0 spiro atoms. The van der Waals surface area contributed by atoms with E-state index in [2.05, 4.69) is 9.97 Å². The molecule has 28 heavy (non-hydrogen) atoms. The van der Waals surface area contributed by atoms with Crippen LogP contribution in [0, 0.1) is 13.8 Å². The molecule has 140 valence electrons. The molecule has 1 aromatic heterocycles. The van der Waals surface area contributed by atoms with E-state index in [1.807, 2.05) is 56.3 Å². The van der Waals surface area contributed by atoms with E-state index < -0.39 is 12.1 Å². The van der Waals surface area contributed by atoms with Crippen LogP contribution >= 0.6 is 0 Å². The van der Waals surface area contributed by atoms with Crippen molar-refractivity contribution < 1.29 is 15.0 Å². The second-order valence-electron chi connectivity index (χ2n) is 6.99. The number of imidazole rings is 1. The maximum absolute atomic E-state index is 11.1. The number of aromatic amines is 1. The second-order valence-corrected chi connectivity index (χ2v) is 6.99. The van der Waals surface area contributed by atoms with Crippen LogP contribution in [0.1, 0.15) is 38.7 Å². The number of aromatic nitrogens is 2. The van der Waals surface area contributed by atoms with Gasteiger partial charge in [-0.15, -0.1) is 0 Å². The normalized spacial score (nSPS) is 12.2. The molecule has 0 bridgehead atoms. The number of aliphatic hydroxyl groups excluding tert-OH is 1. The number of aryl methyl sites for hydroxylation is 2. The zero-order valence-corrected chi connectivity index (χ0v) is 15.6. The van der Waals surface area contributed by atoms with Crippen LogP contribution in [0.2, 0.25) is 0 Å². The van der Waals surface area contributed by atoms with Crippen LogP contribution in [0.25, 0.3) is 22.4 Å². The number of hydrogen-bond donors (Lipinski definition) is 3. The number of aromatic carboxylic acids is 1. The minimum atomic E-state index is -0.970. The lowest BCUT2D eigenvalue weighted by Crippen LogP contribution is -2.00. The fraction of sp³-hybridized carbons (Fsp3) is 0.130. The molecule has 3 N–H and O–H groups in total. The summed E-state index contributed by atoms with van der Waals surface area (Å²) in [6, 6.07) is 18.3. The van der Waals surface area contributed by atoms with Gasteiger partial charge in [-0.05, 0) is 54.3 Å². The van der Waals surface area contributed by atoms with Crippen molar-refractivity contribution in [2.45, 2.75) is 20.0 Å². The number of fused-ring (bicyclic) bond motifs is 1. The van der Waals surface area contributed by atoms with E-state index in [1.165, 1.54) is 11.6 Å². The summed E-state index contributed by atoms with van der Waals surface area (Å²) in [5.74, 6) is -0.313. The Morgan fingerprint density at radius 1 is 0.929 bits per heavy atom. The lowest BCUT2D eigenvalue weighted by molar-refractivity contribution is 0.0697. The lowest BCUT2D eigenvalue weighted by atomic mass is 9.97. The highest BCUT2D eigenvalue weighted by Gasteiger charge is 2.13. The average molecular weight is 372 g/mol. The van der Waals surface area contributed by atoms with Crippen molar-refractivity contribution in [3.63, 3.8) is 0 Å². The molecule has 1 unspecified atom stereocenters. The van der Waals surface area contributed by atoms with Gasteiger partial charge in [0, 0.05) is 5.56 Å². The predicted octanol–water partition coefficient (Wildman–Crippen LogP) is 4.63. The molecule has 4 aromatic rings. The molecule has 1 heterocycles. The van der Waals surface area contributed by atoms with Gasteiger partial charge >= 0.3 is 5.97 Å². The number of carboxylic acid groups (broad SMARTS) is 1. The second kappa shape index (κ2) is 6.94. The molecule has 0 aliphatic carbocycles. The fourth-order valence-corrected chi connectivity index (χ4v) is 3.23. The molecule has 0 saturated heterocycles. The van der Waals surface area contributed by atoms with Crippen LogP contribution in [-0.4, -0.2) is 26.2 Å². The number of carbonyl (C=O) groups is 1. The zero-order chi connectivity index (χ0) is 19.8. The highest BCUT2D eigenvalue weighted by atomic mass is 16.4. The van der Waals surface area contributed by atoms with Crippen molar-refractivity contribution in [1.82, 2.24) is 9.97 Å². The SMILES string of the molecule is Cc1ccc(C(O)c2ccc(-c3nc4ccc(C(=O)O)cc4[nH]3)cc2)cc1C. The average Bonchev–Trinajstić information content (AvgIpc) is 3.13. The molecule has 0 saturated carbocycles. The third kappa shape index (κ3) is 3.28. The minimum absolute atomic E-state index is 0.217. The van der Waals surface area contributed by atoms with Crippen molar-refractivity contribution in [3.8, 4) is 11.4 Å². The molecule has 4 rings (SSSR count). The van der Waals surface area contributed by atoms with Gasteiger partial charge < -0.3 is 15.2 Å². The van der Waals surface area contributed by atoms with Gasteiger partial charge in [-0.2, -0.15) is 0 Å². The van der Waals surface area contributed by atoms with E-state index in [0.29, 0.717) is 16.9 Å². The van der Waals surface area contributed by atoms with Crippen LogP contribution in [0.4, 0.5) is 0 Å². The van der Waals surface area contributed by atoms with E-state index in [4.69, 9.17) is 5.11 Å². The number of H-pyrrole nitrogens is 1. The van der Waals surface area contributed by atoms with Crippen LogP contribution in [0.3, 0.4) is 0 Å². The number of nitrogens with zero attached hydrogens (tertiary/aromatic N) is 1. The highest BCUT2D eigenvalue weighted by Crippen LogP contribution is 2.27. The standard InChI is InChI=1S/C23H20N2O3/c1-13-3-4-17(11-14(13)2)21(26)15-5-7-16(8-6-15)22-24-19-10-9-18(23(27)28)12-20(19)25-22/h3-12,21,26H,1-2H3,(H,24,25)(H,27,28). The molecule has 0 radical (unpaired) electrons. The first-order valence-electron chi connectivity index (χ1n) is 9.01. The van der Waals surface area contributed by atoms with E-state index in [9.17, 15) is 9.90 Å². The first-order chi connectivity index (χ1) is 13.4. The Balaban J connectivity index is 1.63. The largest absolute Gasteiger partial charge is 0.478 e. The maximum atomic E-state index is 11.1. The predicted molar refractivity (Wildman–Crippen MR) is 108 cm³/mol. The Kier molecular flexibility index (Phi) is 4.45. The van der Waals surface area contributed by atoms with Gasteiger partial charge in [0.2, 0.25) is 0 Å². The van der Waals surface area contributed by atoms with E-state index >= 15 is 0 Å². The molecule has 0 aliphatic heterocycles. The number of aliphatic hydroxyl groups is 1. The third-order valence-electron chi connectivity index (χ3n) is 5.08. The number of hydrogen-bond acceptors (Lipinski definition) is 3. The molecule has 0 fully saturated rings. The monoisotopic (exact) mass is 372 g/mol. The van der Waals surface area contributed by atoms with Gasteiger partial charge in [0.05, 0.1) is 16.6 Å². The Labute approximate surface area is 162 Å². The van der Waals surface area contributed by atoms with E-state index in [0.717, 1.165) is 22.3 Å². The first kappa shape index (κ1) is 17.9. The Hall–Kier alpha value is -3.44. The molecular formula is C23H20N2O3. The van der Waals surface area contributed by atoms with Crippen LogP contribution < -0.4 is 0 Å². The van der Waals surface area contributed by atoms with Crippen molar-refractivity contribution >= 4 is 17.0 Å². The van der Waals surface area contributed by atoms with Crippen molar-refractivity contribution in [2.24, 2.45) is 0 Å². The molecule has 1 atom stereocenters. The van der Waals surface area contributed by atoms with Crippen molar-refractivity contribution in [1.29, 1.82) is 0 Å². The summed E-state index contributed by atoms with van der Waals surface area (Å²) in [6.07, 6.45) is -0.692. The van der Waals surface area contributed by atoms with Crippen LogP contribution in [-0.2, 0) is 0 Å². The quantitative estimate of drug-likeness (QED) is 0.488. The maximum Gasteiger partial charge on any atom is 0.335 e. The topological polar surface area (TPSA) is 86.2 Å². The number of benzene rings is 3. The van der Waals surface area contributed by atoms with Gasteiger partial charge in [-0.1, -0.05) is 42.5 Å². The third-order valence-corrected chi connectivity index (χ3v) is 5.08. The van der Waals surface area contributed by atoms with Crippen LogP contribution in [0.15, 0.2) is 60.7 Å². The first-order valence-corrected chi connectivity index (χ1v) is 9.01. The number of nitrogens with one attached hydrogen (secondary N) is 1. The van der Waals surface area contributed by atoms with Gasteiger partial charge in [-0.3, -0.25) is 0 Å². The Bertz CT molecular complexity index is 1180. The lowest BCUT2D eigenvalue weighted by Gasteiger charge is -2.13. The summed E-state index contributed by atoms with van der Waals surface area (Å²) in [7, 11) is 0. The zero-order valence-electron chi connectivity index (χ0n) is 15.6. The van der Waals surface area contributed by atoms with E-state index in [-0.39, 0.29) is 5.56 Å². The molecular weight excluding hydrogens is 352 g/mol. The van der Waals surface area contributed by atoms with Crippen molar-refractivity contribution in [2.75, 3.05) is 0 Å². The van der Waals surface area contributed by atoms with Gasteiger partial charge in [0.1, 0.15) is 11.9 Å². The molecule has 5 nitrogen and oxygen atoms in total. The van der Waals surface area contributed by atoms with Gasteiger partial charge in [-0.25, -0.2) is 9.78 Å². The summed E-state index contributed by atoms with van der Waals surface area (Å²) in [5, 5.41) is 19.8. The number of rotatable bonds is 4. The summed E-state index contributed by atoms with van der Waals surface area (Å²) in [5.41, 5.74) is 6.47. The van der Waals surface area contributed by atoms with Gasteiger partial charge in [0.25, 0.3) is 0 Å². The number of carboxylic acids is 1. The summed E-state index contributed by atoms with van der Waals surface area (Å²) < 4.78 is 0.